The molecule has 2 rings (SSSR count). The number of hydrogen-bond acceptors (Lipinski definition) is 4. The highest BCUT2D eigenvalue weighted by atomic mass is 79.9. The summed E-state index contributed by atoms with van der Waals surface area (Å²) in [5.74, 6) is -1.29. The second kappa shape index (κ2) is 8.57. The molecule has 0 unspecified atom stereocenters. The number of benzene rings is 2. The summed E-state index contributed by atoms with van der Waals surface area (Å²) in [6, 6.07) is 6.44. The van der Waals surface area contributed by atoms with E-state index in [1.165, 1.54) is 25.3 Å². The largest absolute Gasteiger partial charge is 0.493 e. The Morgan fingerprint density at radius 1 is 1.32 bits per heavy atom. The van der Waals surface area contributed by atoms with Crippen molar-refractivity contribution in [1.29, 1.82) is 0 Å². The summed E-state index contributed by atoms with van der Waals surface area (Å²) in [6.45, 7) is 2.25. The zero-order valence-corrected chi connectivity index (χ0v) is 15.1. The van der Waals surface area contributed by atoms with E-state index in [0.29, 0.717) is 22.6 Å². The van der Waals surface area contributed by atoms with E-state index in [2.05, 4.69) is 26.5 Å². The monoisotopic (exact) mass is 412 g/mol. The number of ether oxygens (including phenoxy) is 2. The van der Waals surface area contributed by atoms with E-state index < -0.39 is 17.5 Å². The van der Waals surface area contributed by atoms with Crippen molar-refractivity contribution in [2.45, 2.75) is 6.92 Å². The van der Waals surface area contributed by atoms with Gasteiger partial charge in [0.1, 0.15) is 11.6 Å². The van der Waals surface area contributed by atoms with Crippen molar-refractivity contribution in [3.8, 4) is 11.5 Å². The van der Waals surface area contributed by atoms with Crippen molar-refractivity contribution in [2.24, 2.45) is 5.10 Å². The molecule has 0 fully saturated rings. The molecule has 2 aromatic rings. The molecule has 0 saturated heterocycles. The quantitative estimate of drug-likeness (QED) is 0.578. The summed E-state index contributed by atoms with van der Waals surface area (Å²) in [5, 5.41) is 3.59. The van der Waals surface area contributed by atoms with E-state index in [0.717, 1.165) is 18.3 Å². The molecule has 0 bridgehead atoms. The molecule has 2 aromatic carbocycles. The zero-order chi connectivity index (χ0) is 18.4. The van der Waals surface area contributed by atoms with Gasteiger partial charge in [-0.15, -0.1) is 0 Å². The smallest absolute Gasteiger partial charge is 0.271 e. The minimum absolute atomic E-state index is 0.235. The second-order valence-corrected chi connectivity index (χ2v) is 5.61. The van der Waals surface area contributed by atoms with E-state index in [1.54, 1.807) is 0 Å². The van der Waals surface area contributed by atoms with Gasteiger partial charge in [0.2, 0.25) is 0 Å². The molecule has 1 amide bonds. The first-order chi connectivity index (χ1) is 12.0. The summed E-state index contributed by atoms with van der Waals surface area (Å²) >= 11 is 3.31. The van der Waals surface area contributed by atoms with Crippen molar-refractivity contribution in [1.82, 2.24) is 5.43 Å². The Balaban J connectivity index is 2.18. The van der Waals surface area contributed by atoms with Gasteiger partial charge in [-0.1, -0.05) is 6.07 Å². The van der Waals surface area contributed by atoms with Gasteiger partial charge < -0.3 is 9.47 Å². The fraction of sp³-hybridized carbons (Fsp3) is 0.176. The van der Waals surface area contributed by atoms with Crippen LogP contribution in [0.5, 0.6) is 11.5 Å². The molecule has 0 aromatic heterocycles. The maximum atomic E-state index is 13.5. The highest BCUT2D eigenvalue weighted by Gasteiger charge is 2.15. The van der Waals surface area contributed by atoms with Gasteiger partial charge in [-0.2, -0.15) is 5.10 Å². The summed E-state index contributed by atoms with van der Waals surface area (Å²) in [6.07, 6.45) is 0.906. The van der Waals surface area contributed by atoms with Crippen molar-refractivity contribution >= 4 is 28.1 Å². The highest BCUT2D eigenvalue weighted by molar-refractivity contribution is 9.10. The highest BCUT2D eigenvalue weighted by Crippen LogP contribution is 2.36. The Morgan fingerprint density at radius 2 is 2.00 bits per heavy atom. The number of hydrogen-bond donors (Lipinski definition) is 1. The van der Waals surface area contributed by atoms with E-state index >= 15 is 0 Å². The topological polar surface area (TPSA) is 59.9 Å². The molecule has 1 N–H and O–H groups in total. The van der Waals surface area contributed by atoms with E-state index in [9.17, 15) is 13.6 Å². The average molecular weight is 413 g/mol. The first-order valence-corrected chi connectivity index (χ1v) is 8.05. The zero-order valence-electron chi connectivity index (χ0n) is 13.5. The Hall–Kier alpha value is -2.48. The van der Waals surface area contributed by atoms with Gasteiger partial charge in [-0.25, -0.2) is 14.2 Å². The number of methoxy groups -OCH3 is 1. The predicted molar refractivity (Wildman–Crippen MR) is 93.3 cm³/mol. The summed E-state index contributed by atoms with van der Waals surface area (Å²) in [7, 11) is 1.45. The molecule has 0 aliphatic rings. The third-order valence-electron chi connectivity index (χ3n) is 3.14. The molecule has 0 radical (unpaired) electrons. The lowest BCUT2D eigenvalue weighted by atomic mass is 10.2. The minimum atomic E-state index is -0.775. The van der Waals surface area contributed by atoms with Crippen LogP contribution in [0.25, 0.3) is 0 Å². The van der Waals surface area contributed by atoms with Crippen LogP contribution < -0.4 is 14.9 Å². The first kappa shape index (κ1) is 18.9. The van der Waals surface area contributed by atoms with Crippen molar-refractivity contribution in [2.75, 3.05) is 13.7 Å². The van der Waals surface area contributed by atoms with Crippen LogP contribution in [0.1, 0.15) is 22.8 Å². The van der Waals surface area contributed by atoms with E-state index in [1.807, 2.05) is 6.92 Å². The van der Waals surface area contributed by atoms with Gasteiger partial charge in [0.25, 0.3) is 5.91 Å². The van der Waals surface area contributed by atoms with Crippen LogP contribution in [0.2, 0.25) is 0 Å². The minimum Gasteiger partial charge on any atom is -0.493 e. The first-order valence-electron chi connectivity index (χ1n) is 7.25. The van der Waals surface area contributed by atoms with Gasteiger partial charge >= 0.3 is 0 Å². The molecular formula is C17H15BrF2N2O3. The predicted octanol–water partition coefficient (Wildman–Crippen LogP) is 3.90. The maximum Gasteiger partial charge on any atom is 0.271 e. The van der Waals surface area contributed by atoms with Gasteiger partial charge in [-0.3, -0.25) is 4.79 Å². The number of nitrogens with one attached hydrogen (secondary N) is 1. The molecule has 0 saturated carbocycles. The third kappa shape index (κ3) is 4.54. The van der Waals surface area contributed by atoms with E-state index in [-0.39, 0.29) is 11.1 Å². The van der Waals surface area contributed by atoms with Crippen LogP contribution in [0.4, 0.5) is 8.78 Å². The van der Waals surface area contributed by atoms with Crippen LogP contribution in [0, 0.1) is 11.6 Å². The lowest BCUT2D eigenvalue weighted by molar-refractivity contribution is 0.0954. The lowest BCUT2D eigenvalue weighted by Crippen LogP contribution is -2.18. The van der Waals surface area contributed by atoms with Crippen molar-refractivity contribution < 1.29 is 23.0 Å². The Labute approximate surface area is 151 Å². The number of nitrogens with zero attached hydrogens (tertiary/aromatic N) is 1. The van der Waals surface area contributed by atoms with Crippen molar-refractivity contribution in [3.05, 3.63) is 57.6 Å². The van der Waals surface area contributed by atoms with Gasteiger partial charge in [0.05, 0.1) is 30.0 Å². The molecule has 8 heteroatoms. The SMILES string of the molecule is CCOc1c(Br)cc(C(=O)N/N=C\c2c(F)cccc2F)cc1OC. The number of amides is 1. The van der Waals surface area contributed by atoms with Crippen LogP contribution in [-0.2, 0) is 0 Å². The van der Waals surface area contributed by atoms with Gasteiger partial charge in [-0.05, 0) is 47.1 Å². The molecule has 0 atom stereocenters. The third-order valence-corrected chi connectivity index (χ3v) is 3.73. The summed E-state index contributed by atoms with van der Waals surface area (Å²) < 4.78 is 38.1. The van der Waals surface area contributed by atoms with Crippen LogP contribution in [-0.4, -0.2) is 25.8 Å². The Kier molecular flexibility index (Phi) is 6.46. The number of rotatable bonds is 6. The van der Waals surface area contributed by atoms with E-state index in [4.69, 9.17) is 9.47 Å². The summed E-state index contributed by atoms with van der Waals surface area (Å²) in [4.78, 5) is 12.2. The molecule has 0 aliphatic carbocycles. The molecule has 0 aliphatic heterocycles. The van der Waals surface area contributed by atoms with Crippen LogP contribution >= 0.6 is 15.9 Å². The second-order valence-electron chi connectivity index (χ2n) is 4.76. The number of carbonyl (C=O) groups excluding carboxylic acids is 1. The van der Waals surface area contributed by atoms with Gasteiger partial charge in [0.15, 0.2) is 11.5 Å². The number of hydrazone groups is 1. The molecule has 25 heavy (non-hydrogen) atoms. The Bertz CT molecular complexity index is 792. The fourth-order valence-electron chi connectivity index (χ4n) is 1.99. The van der Waals surface area contributed by atoms with Crippen LogP contribution in [0.3, 0.4) is 0 Å². The molecule has 132 valence electrons. The molecule has 0 spiro atoms. The Morgan fingerprint density at radius 3 is 2.60 bits per heavy atom. The molecule has 0 heterocycles. The lowest BCUT2D eigenvalue weighted by Gasteiger charge is -2.12. The van der Waals surface area contributed by atoms with Gasteiger partial charge in [0, 0.05) is 5.56 Å². The maximum absolute atomic E-state index is 13.5. The van der Waals surface area contributed by atoms with Crippen LogP contribution in [0.15, 0.2) is 39.9 Å². The molecular weight excluding hydrogens is 398 g/mol. The fourth-order valence-corrected chi connectivity index (χ4v) is 2.55. The number of halogens is 3. The normalized spacial score (nSPS) is 10.8. The standard InChI is InChI=1S/C17H15BrF2N2O3/c1-3-25-16-12(18)7-10(8-15(16)24-2)17(23)22-21-9-11-13(19)5-4-6-14(11)20/h4-9H,3H2,1-2H3,(H,22,23)/b21-9-. The number of carbonyl (C=O) groups is 1. The summed E-state index contributed by atoms with van der Waals surface area (Å²) in [5.41, 5.74) is 2.11. The average Bonchev–Trinajstić information content (AvgIpc) is 2.59. The molecule has 5 nitrogen and oxygen atoms in total. The van der Waals surface area contributed by atoms with Crippen molar-refractivity contribution in [3.63, 3.8) is 0 Å².